The number of hydrogen-bond donors (Lipinski definition) is 2. The van der Waals surface area contributed by atoms with Crippen molar-refractivity contribution >= 4 is 0 Å². The molecule has 0 spiro atoms. The molecule has 0 aliphatic carbocycles. The first-order chi connectivity index (χ1) is 14.3. The Hall–Kier alpha value is -0.500. The fraction of sp³-hybridized carbons (Fsp3) is 0.920. The van der Waals surface area contributed by atoms with Gasteiger partial charge in [0.05, 0.1) is 48.3 Å². The third-order valence-electron chi connectivity index (χ3n) is 6.01. The molecule has 0 fully saturated rings. The first-order valence-electron chi connectivity index (χ1n) is 11.9. The summed E-state index contributed by atoms with van der Waals surface area (Å²) in [5.74, 6) is 0. The lowest BCUT2D eigenvalue weighted by Crippen LogP contribution is -2.38. The molecule has 0 aromatic carbocycles. The molecule has 0 amide bonds. The van der Waals surface area contributed by atoms with Crippen molar-refractivity contribution in [3.8, 4) is 0 Å². The molecule has 0 aliphatic heterocycles. The molecule has 3 atom stereocenters. The van der Waals surface area contributed by atoms with Crippen LogP contribution in [0.25, 0.3) is 0 Å². The standard InChI is InChI=1S/C25H52N2O4/c1-10-24(8,13-17-27)29-19-15-25(9,11-2)30-20-21(3)31-23(6,7)14-18-28-22(4,5)12-16-26/h10,21H,1,11-20,26-27H2,2-9H3. The van der Waals surface area contributed by atoms with E-state index in [1.807, 2.05) is 13.0 Å². The highest BCUT2D eigenvalue weighted by molar-refractivity contribution is 4.94. The summed E-state index contributed by atoms with van der Waals surface area (Å²) >= 11 is 0. The molecular formula is C25H52N2O4. The molecule has 0 aromatic heterocycles. The fourth-order valence-corrected chi connectivity index (χ4v) is 3.32. The van der Waals surface area contributed by atoms with Crippen molar-refractivity contribution in [2.75, 3.05) is 32.9 Å². The normalized spacial score (nSPS) is 17.7. The Morgan fingerprint density at radius 3 is 1.90 bits per heavy atom. The van der Waals surface area contributed by atoms with Crippen molar-refractivity contribution in [2.45, 2.75) is 116 Å². The fourth-order valence-electron chi connectivity index (χ4n) is 3.32. The summed E-state index contributed by atoms with van der Waals surface area (Å²) in [5, 5.41) is 0. The predicted molar refractivity (Wildman–Crippen MR) is 130 cm³/mol. The van der Waals surface area contributed by atoms with E-state index in [0.29, 0.717) is 32.9 Å². The van der Waals surface area contributed by atoms with Crippen molar-refractivity contribution in [1.82, 2.24) is 0 Å². The first kappa shape index (κ1) is 30.5. The molecule has 186 valence electrons. The van der Waals surface area contributed by atoms with Gasteiger partial charge >= 0.3 is 0 Å². The quantitative estimate of drug-likeness (QED) is 0.283. The molecular weight excluding hydrogens is 392 g/mol. The van der Waals surface area contributed by atoms with Gasteiger partial charge in [-0.25, -0.2) is 0 Å². The van der Waals surface area contributed by atoms with Gasteiger partial charge in [0.1, 0.15) is 0 Å². The van der Waals surface area contributed by atoms with Crippen LogP contribution in [0.3, 0.4) is 0 Å². The van der Waals surface area contributed by atoms with E-state index >= 15 is 0 Å². The van der Waals surface area contributed by atoms with E-state index in [9.17, 15) is 0 Å². The van der Waals surface area contributed by atoms with Gasteiger partial charge in [0.15, 0.2) is 0 Å². The van der Waals surface area contributed by atoms with Crippen molar-refractivity contribution in [2.24, 2.45) is 11.5 Å². The monoisotopic (exact) mass is 444 g/mol. The molecule has 6 nitrogen and oxygen atoms in total. The van der Waals surface area contributed by atoms with E-state index in [2.05, 4.69) is 55.0 Å². The smallest absolute Gasteiger partial charge is 0.0843 e. The number of ether oxygens (including phenoxy) is 4. The molecule has 0 bridgehead atoms. The molecule has 0 aromatic rings. The third kappa shape index (κ3) is 13.6. The molecule has 0 saturated heterocycles. The van der Waals surface area contributed by atoms with Crippen molar-refractivity contribution in [3.05, 3.63) is 12.7 Å². The SMILES string of the molecule is C=CC(C)(CCN)OCCC(C)(CC)OCC(C)OC(C)(C)CCOC(C)(C)CCN. The van der Waals surface area contributed by atoms with Gasteiger partial charge in [-0.05, 0) is 93.7 Å². The first-order valence-corrected chi connectivity index (χ1v) is 11.9. The van der Waals surface area contributed by atoms with E-state index in [0.717, 1.165) is 32.1 Å². The van der Waals surface area contributed by atoms with E-state index in [1.165, 1.54) is 0 Å². The van der Waals surface area contributed by atoms with E-state index in [4.69, 9.17) is 30.4 Å². The number of rotatable bonds is 19. The molecule has 0 rings (SSSR count). The zero-order chi connectivity index (χ0) is 24.2. The maximum absolute atomic E-state index is 6.28. The lowest BCUT2D eigenvalue weighted by atomic mass is 9.98. The van der Waals surface area contributed by atoms with Crippen molar-refractivity contribution < 1.29 is 18.9 Å². The van der Waals surface area contributed by atoms with E-state index in [1.54, 1.807) is 0 Å². The minimum absolute atomic E-state index is 0.0190. The maximum atomic E-state index is 6.28. The minimum Gasteiger partial charge on any atom is -0.375 e. The molecule has 0 saturated carbocycles. The van der Waals surface area contributed by atoms with Crippen LogP contribution in [-0.4, -0.2) is 61.4 Å². The minimum atomic E-state index is -0.384. The summed E-state index contributed by atoms with van der Waals surface area (Å²) in [4.78, 5) is 0. The highest BCUT2D eigenvalue weighted by Crippen LogP contribution is 2.25. The van der Waals surface area contributed by atoms with Crippen molar-refractivity contribution in [3.63, 3.8) is 0 Å². The predicted octanol–water partition coefficient (Wildman–Crippen LogP) is 4.59. The molecule has 0 heterocycles. The maximum Gasteiger partial charge on any atom is 0.0843 e. The molecule has 0 radical (unpaired) electrons. The van der Waals surface area contributed by atoms with Gasteiger partial charge in [-0.15, -0.1) is 6.58 Å². The average molecular weight is 445 g/mol. The van der Waals surface area contributed by atoms with E-state index in [-0.39, 0.29) is 28.5 Å². The van der Waals surface area contributed by atoms with Crippen LogP contribution in [0.5, 0.6) is 0 Å². The summed E-state index contributed by atoms with van der Waals surface area (Å²) in [6.07, 6.45) is 5.93. The lowest BCUT2D eigenvalue weighted by molar-refractivity contribution is -0.145. The second kappa shape index (κ2) is 13.9. The Morgan fingerprint density at radius 1 is 0.806 bits per heavy atom. The Labute approximate surface area is 192 Å². The summed E-state index contributed by atoms with van der Waals surface area (Å²) in [6, 6.07) is 0. The van der Waals surface area contributed by atoms with Crippen LogP contribution in [0.15, 0.2) is 12.7 Å². The molecule has 4 N–H and O–H groups in total. The van der Waals surface area contributed by atoms with E-state index < -0.39 is 0 Å². The Balaban J connectivity index is 4.48. The van der Waals surface area contributed by atoms with Crippen LogP contribution in [0, 0.1) is 0 Å². The van der Waals surface area contributed by atoms with Gasteiger partial charge < -0.3 is 30.4 Å². The zero-order valence-electron chi connectivity index (χ0n) is 21.7. The average Bonchev–Trinajstić information content (AvgIpc) is 2.66. The number of nitrogens with two attached hydrogens (primary N) is 2. The van der Waals surface area contributed by atoms with Gasteiger partial charge in [-0.1, -0.05) is 13.0 Å². The van der Waals surface area contributed by atoms with Gasteiger partial charge in [0, 0.05) is 0 Å². The topological polar surface area (TPSA) is 89.0 Å². The van der Waals surface area contributed by atoms with Gasteiger partial charge in [0.2, 0.25) is 0 Å². The van der Waals surface area contributed by atoms with Crippen LogP contribution in [0.1, 0.15) is 87.5 Å². The Kier molecular flexibility index (Phi) is 13.7. The van der Waals surface area contributed by atoms with Crippen LogP contribution < -0.4 is 11.5 Å². The van der Waals surface area contributed by atoms with Crippen LogP contribution in [0.4, 0.5) is 0 Å². The van der Waals surface area contributed by atoms with Gasteiger partial charge in [-0.2, -0.15) is 0 Å². The summed E-state index contributed by atoms with van der Waals surface area (Å²) in [6.45, 7) is 23.6. The Bertz CT molecular complexity index is 498. The summed E-state index contributed by atoms with van der Waals surface area (Å²) in [5.41, 5.74) is 10.2. The third-order valence-corrected chi connectivity index (χ3v) is 6.01. The molecule has 6 heteroatoms. The lowest BCUT2D eigenvalue weighted by Gasteiger charge is -2.35. The molecule has 0 aliphatic rings. The van der Waals surface area contributed by atoms with Gasteiger partial charge in [-0.3, -0.25) is 0 Å². The largest absolute Gasteiger partial charge is 0.375 e. The zero-order valence-corrected chi connectivity index (χ0v) is 21.7. The highest BCUT2D eigenvalue weighted by Gasteiger charge is 2.28. The molecule has 31 heavy (non-hydrogen) atoms. The van der Waals surface area contributed by atoms with Gasteiger partial charge in [0.25, 0.3) is 0 Å². The van der Waals surface area contributed by atoms with Crippen LogP contribution in [-0.2, 0) is 18.9 Å². The van der Waals surface area contributed by atoms with Crippen LogP contribution in [0.2, 0.25) is 0 Å². The summed E-state index contributed by atoms with van der Waals surface area (Å²) < 4.78 is 24.6. The van der Waals surface area contributed by atoms with Crippen LogP contribution >= 0.6 is 0 Å². The van der Waals surface area contributed by atoms with Crippen molar-refractivity contribution in [1.29, 1.82) is 0 Å². The number of hydrogen-bond acceptors (Lipinski definition) is 6. The Morgan fingerprint density at radius 2 is 1.39 bits per heavy atom. The summed E-state index contributed by atoms with van der Waals surface area (Å²) in [7, 11) is 0. The highest BCUT2D eigenvalue weighted by atomic mass is 16.6. The second-order valence-corrected chi connectivity index (χ2v) is 10.4. The second-order valence-electron chi connectivity index (χ2n) is 10.4. The molecule has 3 unspecified atom stereocenters.